The van der Waals surface area contributed by atoms with Crippen LogP contribution in [0.15, 0.2) is 35.5 Å². The Kier molecular flexibility index (Phi) is 1.52. The lowest BCUT2D eigenvalue weighted by molar-refractivity contribution is -0.149. The number of carbonyl (C=O) groups is 2. The fraction of sp³-hybridized carbons (Fsp3) is 0.385. The number of esters is 2. The normalized spacial score (nSPS) is 40.1. The molecule has 2 atom stereocenters. The highest BCUT2D eigenvalue weighted by molar-refractivity contribution is 6.18. The van der Waals surface area contributed by atoms with Crippen molar-refractivity contribution in [3.63, 3.8) is 0 Å². The van der Waals surface area contributed by atoms with Crippen molar-refractivity contribution in [2.75, 3.05) is 0 Å². The van der Waals surface area contributed by atoms with Crippen LogP contribution >= 0.6 is 0 Å². The Hall–Kier alpha value is -1.64. The van der Waals surface area contributed by atoms with Crippen LogP contribution in [0, 0.1) is 10.8 Å². The summed E-state index contributed by atoms with van der Waals surface area (Å²) in [4.78, 5) is 23.0. The third kappa shape index (κ3) is 1.14. The Bertz CT molecular complexity index is 465. The number of carbonyl (C=O) groups excluding carboxylic acids is 2. The lowest BCUT2D eigenvalue weighted by Gasteiger charge is -2.22. The Morgan fingerprint density at radius 2 is 1.44 bits per heavy atom. The monoisotopic (exact) mass is 216 g/mol. The fourth-order valence-corrected chi connectivity index (χ4v) is 2.86. The van der Waals surface area contributed by atoms with Crippen LogP contribution in [0.3, 0.4) is 0 Å². The smallest absolute Gasteiger partial charge is 0.346 e. The maximum Gasteiger partial charge on any atom is 0.346 e. The predicted molar refractivity (Wildman–Crippen MR) is 57.2 cm³/mol. The molecule has 3 aliphatic rings. The third-order valence-corrected chi connectivity index (χ3v) is 3.47. The van der Waals surface area contributed by atoms with Gasteiger partial charge in [0.15, 0.2) is 0 Å². The summed E-state index contributed by atoms with van der Waals surface area (Å²) >= 11 is 0. The van der Waals surface area contributed by atoms with E-state index in [9.17, 15) is 9.59 Å². The molecule has 1 heterocycles. The minimum atomic E-state index is -0.512. The zero-order chi connectivity index (χ0) is 11.6. The van der Waals surface area contributed by atoms with Gasteiger partial charge in [-0.3, -0.25) is 0 Å². The quantitative estimate of drug-likeness (QED) is 0.353. The van der Waals surface area contributed by atoms with Crippen LogP contribution in [0.25, 0.3) is 0 Å². The van der Waals surface area contributed by atoms with Gasteiger partial charge in [0.1, 0.15) is 0 Å². The van der Waals surface area contributed by atoms with Gasteiger partial charge < -0.3 is 4.74 Å². The summed E-state index contributed by atoms with van der Waals surface area (Å²) in [5.41, 5.74) is 0.568. The SMILES string of the molecule is CC12C=CC(C)(C=C3C(=O)OC(=O)C3=C1)C2. The van der Waals surface area contributed by atoms with Crippen molar-refractivity contribution in [2.45, 2.75) is 20.3 Å². The highest BCUT2D eigenvalue weighted by Gasteiger charge is 2.44. The Balaban J connectivity index is 2.25. The molecule has 82 valence electrons. The molecule has 0 aromatic heterocycles. The molecule has 3 nitrogen and oxygen atoms in total. The van der Waals surface area contributed by atoms with Gasteiger partial charge in [0.05, 0.1) is 11.1 Å². The van der Waals surface area contributed by atoms with Gasteiger partial charge in [-0.05, 0) is 6.42 Å². The highest BCUT2D eigenvalue weighted by atomic mass is 16.6. The van der Waals surface area contributed by atoms with E-state index in [1.165, 1.54) is 0 Å². The molecule has 0 spiro atoms. The molecule has 1 aliphatic heterocycles. The number of ether oxygens (including phenoxy) is 1. The van der Waals surface area contributed by atoms with Crippen molar-refractivity contribution in [3.05, 3.63) is 35.5 Å². The molecule has 0 aromatic rings. The number of hydrogen-bond donors (Lipinski definition) is 0. The van der Waals surface area contributed by atoms with Crippen LogP contribution in [0.2, 0.25) is 0 Å². The summed E-state index contributed by atoms with van der Waals surface area (Å²) in [6.07, 6.45) is 8.82. The molecule has 3 heteroatoms. The summed E-state index contributed by atoms with van der Waals surface area (Å²) in [6.45, 7) is 4.13. The van der Waals surface area contributed by atoms with Crippen molar-refractivity contribution < 1.29 is 14.3 Å². The van der Waals surface area contributed by atoms with Gasteiger partial charge in [0, 0.05) is 10.8 Å². The first-order valence-electron chi connectivity index (χ1n) is 5.34. The summed E-state index contributed by atoms with van der Waals surface area (Å²) in [5.74, 6) is -1.02. The molecule has 0 aromatic carbocycles. The van der Waals surface area contributed by atoms with E-state index in [0.29, 0.717) is 11.1 Å². The van der Waals surface area contributed by atoms with Crippen LogP contribution < -0.4 is 0 Å². The summed E-state index contributed by atoms with van der Waals surface area (Å²) in [5, 5.41) is 0. The van der Waals surface area contributed by atoms with Gasteiger partial charge in [-0.2, -0.15) is 0 Å². The first kappa shape index (κ1) is 9.58. The van der Waals surface area contributed by atoms with Crippen LogP contribution in [0.4, 0.5) is 0 Å². The average molecular weight is 216 g/mol. The number of rotatable bonds is 0. The molecule has 0 amide bonds. The van der Waals surface area contributed by atoms with Gasteiger partial charge in [-0.25, -0.2) is 9.59 Å². The van der Waals surface area contributed by atoms with Crippen molar-refractivity contribution >= 4 is 11.9 Å². The number of allylic oxidation sites excluding steroid dienone is 4. The van der Waals surface area contributed by atoms with E-state index in [4.69, 9.17) is 0 Å². The minimum absolute atomic E-state index is 0.147. The standard InChI is InChI=1S/C13H12O3/c1-12-3-4-13(2,7-12)6-9-8(5-12)10(14)16-11(9)15/h3-6H,7H2,1-2H3. The second-order valence-electron chi connectivity index (χ2n) is 5.31. The Labute approximate surface area is 93.5 Å². The van der Waals surface area contributed by atoms with Crippen molar-refractivity contribution in [1.82, 2.24) is 0 Å². The van der Waals surface area contributed by atoms with E-state index < -0.39 is 11.9 Å². The molecule has 1 saturated heterocycles. The molecule has 2 unspecified atom stereocenters. The van der Waals surface area contributed by atoms with Gasteiger partial charge in [0.2, 0.25) is 0 Å². The lowest BCUT2D eigenvalue weighted by atomic mass is 9.81. The molecule has 0 saturated carbocycles. The zero-order valence-corrected chi connectivity index (χ0v) is 9.24. The molecular formula is C13H12O3. The Morgan fingerprint density at radius 1 is 1.00 bits per heavy atom. The first-order valence-corrected chi connectivity index (χ1v) is 5.34. The molecule has 3 rings (SSSR count). The maximum absolute atomic E-state index is 11.5. The van der Waals surface area contributed by atoms with Crippen LogP contribution in [-0.2, 0) is 14.3 Å². The van der Waals surface area contributed by atoms with Crippen molar-refractivity contribution in [2.24, 2.45) is 10.8 Å². The summed E-state index contributed by atoms with van der Waals surface area (Å²) in [7, 11) is 0. The van der Waals surface area contributed by atoms with Gasteiger partial charge in [-0.1, -0.05) is 38.2 Å². The van der Waals surface area contributed by atoms with Gasteiger partial charge >= 0.3 is 11.9 Å². The number of cyclic esters (lactones) is 2. The van der Waals surface area contributed by atoms with E-state index in [0.717, 1.165) is 6.42 Å². The van der Waals surface area contributed by atoms with E-state index in [1.807, 2.05) is 12.2 Å². The topological polar surface area (TPSA) is 43.4 Å². The fourth-order valence-electron chi connectivity index (χ4n) is 2.86. The van der Waals surface area contributed by atoms with E-state index in [-0.39, 0.29) is 10.8 Å². The average Bonchev–Trinajstić information content (AvgIpc) is 2.53. The van der Waals surface area contributed by atoms with Gasteiger partial charge in [0.25, 0.3) is 0 Å². The first-order chi connectivity index (χ1) is 7.41. The minimum Gasteiger partial charge on any atom is -0.386 e. The van der Waals surface area contributed by atoms with Crippen molar-refractivity contribution in [1.29, 1.82) is 0 Å². The molecule has 0 radical (unpaired) electrons. The molecule has 2 aliphatic carbocycles. The van der Waals surface area contributed by atoms with E-state index in [1.54, 1.807) is 0 Å². The van der Waals surface area contributed by atoms with Crippen LogP contribution in [-0.4, -0.2) is 11.9 Å². The second kappa shape index (κ2) is 2.54. The van der Waals surface area contributed by atoms with E-state index >= 15 is 0 Å². The van der Waals surface area contributed by atoms with E-state index in [2.05, 4.69) is 30.7 Å². The van der Waals surface area contributed by atoms with Crippen molar-refractivity contribution in [3.8, 4) is 0 Å². The summed E-state index contributed by atoms with van der Waals surface area (Å²) in [6, 6.07) is 0. The lowest BCUT2D eigenvalue weighted by Crippen LogP contribution is -2.14. The molecular weight excluding hydrogens is 204 g/mol. The molecule has 16 heavy (non-hydrogen) atoms. The molecule has 1 fully saturated rings. The molecule has 0 N–H and O–H groups in total. The molecule has 2 bridgehead atoms. The zero-order valence-electron chi connectivity index (χ0n) is 9.24. The number of hydrogen-bond acceptors (Lipinski definition) is 3. The summed E-state index contributed by atoms with van der Waals surface area (Å²) < 4.78 is 4.64. The third-order valence-electron chi connectivity index (χ3n) is 3.47. The van der Waals surface area contributed by atoms with Crippen LogP contribution in [0.1, 0.15) is 20.3 Å². The maximum atomic E-state index is 11.5. The number of fused-ring (bicyclic) bond motifs is 3. The highest BCUT2D eigenvalue weighted by Crippen LogP contribution is 2.50. The largest absolute Gasteiger partial charge is 0.386 e. The van der Waals surface area contributed by atoms with Gasteiger partial charge in [-0.15, -0.1) is 0 Å². The van der Waals surface area contributed by atoms with Crippen LogP contribution in [0.5, 0.6) is 0 Å². The predicted octanol–water partition coefficient (Wildman–Crippen LogP) is 1.91. The Morgan fingerprint density at radius 3 is 1.88 bits per heavy atom. The second-order valence-corrected chi connectivity index (χ2v) is 5.31.